The molecule has 4 fully saturated rings. The molecule has 0 radical (unpaired) electrons. The van der Waals surface area contributed by atoms with E-state index in [0.717, 1.165) is 30.0 Å². The van der Waals surface area contributed by atoms with E-state index in [0.29, 0.717) is 12.2 Å². The Kier molecular flexibility index (Phi) is 4.99. The summed E-state index contributed by atoms with van der Waals surface area (Å²) < 4.78 is 11.5. The first-order valence-corrected chi connectivity index (χ1v) is 10.1. The molecule has 6 unspecified atom stereocenters. The summed E-state index contributed by atoms with van der Waals surface area (Å²) in [5.41, 5.74) is 0. The van der Waals surface area contributed by atoms with Crippen molar-refractivity contribution >= 4 is 0 Å². The van der Waals surface area contributed by atoms with Crippen LogP contribution in [0.15, 0.2) is 0 Å². The van der Waals surface area contributed by atoms with Crippen molar-refractivity contribution < 1.29 is 9.47 Å². The maximum Gasteiger partial charge on any atom is 0.0575 e. The van der Waals surface area contributed by atoms with Gasteiger partial charge in [0.15, 0.2) is 0 Å². The molecule has 0 amide bonds. The van der Waals surface area contributed by atoms with Gasteiger partial charge < -0.3 is 9.47 Å². The van der Waals surface area contributed by atoms with Crippen molar-refractivity contribution in [1.29, 1.82) is 0 Å². The van der Waals surface area contributed by atoms with Crippen LogP contribution in [-0.4, -0.2) is 49.5 Å². The summed E-state index contributed by atoms with van der Waals surface area (Å²) >= 11 is 0. The Labute approximate surface area is 142 Å². The van der Waals surface area contributed by atoms with Crippen LogP contribution in [0.5, 0.6) is 0 Å². The molecule has 0 aromatic rings. The van der Waals surface area contributed by atoms with E-state index in [9.17, 15) is 0 Å². The number of fused-ring (bicyclic) bond motifs is 3. The van der Waals surface area contributed by atoms with Crippen molar-refractivity contribution in [3.63, 3.8) is 0 Å². The summed E-state index contributed by atoms with van der Waals surface area (Å²) in [5, 5.41) is 0. The lowest BCUT2D eigenvalue weighted by atomic mass is 9.72. The van der Waals surface area contributed by atoms with Gasteiger partial charge in [-0.05, 0) is 63.2 Å². The van der Waals surface area contributed by atoms with E-state index in [1.165, 1.54) is 70.6 Å². The Balaban J connectivity index is 1.56. The van der Waals surface area contributed by atoms with Gasteiger partial charge in [0.1, 0.15) is 0 Å². The van der Waals surface area contributed by atoms with Crippen LogP contribution in [0.4, 0.5) is 0 Å². The average Bonchev–Trinajstić information content (AvgIpc) is 2.95. The molecule has 132 valence electrons. The van der Waals surface area contributed by atoms with E-state index in [1.807, 2.05) is 14.2 Å². The monoisotopic (exact) mass is 321 g/mol. The van der Waals surface area contributed by atoms with Crippen LogP contribution < -0.4 is 0 Å². The Hall–Kier alpha value is -0.120. The zero-order valence-electron chi connectivity index (χ0n) is 15.1. The molecule has 3 saturated carbocycles. The van der Waals surface area contributed by atoms with Crippen LogP contribution in [0.3, 0.4) is 0 Å². The average molecular weight is 322 g/mol. The lowest BCUT2D eigenvalue weighted by Crippen LogP contribution is -2.48. The van der Waals surface area contributed by atoms with Gasteiger partial charge in [0.2, 0.25) is 0 Å². The van der Waals surface area contributed by atoms with Crippen molar-refractivity contribution in [3.05, 3.63) is 0 Å². The fourth-order valence-electron chi connectivity index (χ4n) is 6.55. The molecule has 0 spiro atoms. The van der Waals surface area contributed by atoms with E-state index < -0.39 is 0 Å². The molecule has 0 aromatic carbocycles. The second kappa shape index (κ2) is 7.01. The maximum absolute atomic E-state index is 5.76. The van der Waals surface area contributed by atoms with Gasteiger partial charge in [-0.15, -0.1) is 0 Å². The summed E-state index contributed by atoms with van der Waals surface area (Å²) in [4.78, 5) is 3.05. The molecule has 3 aliphatic carbocycles. The molecule has 4 rings (SSSR count). The van der Waals surface area contributed by atoms with Gasteiger partial charge in [-0.25, -0.2) is 0 Å². The number of likely N-dealkylation sites (tertiary alicyclic amines) is 1. The molecule has 4 aliphatic rings. The van der Waals surface area contributed by atoms with Crippen LogP contribution in [0, 0.1) is 11.8 Å². The van der Waals surface area contributed by atoms with Crippen LogP contribution in [0.25, 0.3) is 0 Å². The number of nitrogens with zero attached hydrogens (tertiary/aromatic N) is 1. The fourth-order valence-corrected chi connectivity index (χ4v) is 6.55. The molecule has 3 nitrogen and oxygen atoms in total. The van der Waals surface area contributed by atoms with Crippen molar-refractivity contribution in [2.45, 2.75) is 101 Å². The summed E-state index contributed by atoms with van der Waals surface area (Å²) in [5.74, 6) is 1.72. The quantitative estimate of drug-likeness (QED) is 0.784. The Bertz CT molecular complexity index is 363. The van der Waals surface area contributed by atoms with Crippen molar-refractivity contribution in [2.75, 3.05) is 14.2 Å². The summed E-state index contributed by atoms with van der Waals surface area (Å²) in [6, 6.07) is 2.56. The van der Waals surface area contributed by atoms with Crippen LogP contribution in [0.1, 0.15) is 70.6 Å². The van der Waals surface area contributed by atoms with Crippen molar-refractivity contribution in [3.8, 4) is 0 Å². The van der Waals surface area contributed by atoms with E-state index >= 15 is 0 Å². The number of ether oxygens (including phenoxy) is 2. The predicted octanol–water partition coefficient (Wildman–Crippen LogP) is 4.00. The van der Waals surface area contributed by atoms with Gasteiger partial charge in [0, 0.05) is 32.3 Å². The highest BCUT2D eigenvalue weighted by atomic mass is 16.5. The van der Waals surface area contributed by atoms with Crippen molar-refractivity contribution in [1.82, 2.24) is 4.90 Å². The second-order valence-electron chi connectivity index (χ2n) is 8.54. The molecular formula is C20H35NO2. The van der Waals surface area contributed by atoms with Gasteiger partial charge in [-0.3, -0.25) is 4.90 Å². The minimum absolute atomic E-state index is 0.506. The van der Waals surface area contributed by atoms with Crippen molar-refractivity contribution in [2.24, 2.45) is 11.8 Å². The molecule has 3 heteroatoms. The summed E-state index contributed by atoms with van der Waals surface area (Å²) in [7, 11) is 3.82. The van der Waals surface area contributed by atoms with Gasteiger partial charge in [-0.2, -0.15) is 0 Å². The molecule has 6 atom stereocenters. The number of rotatable bonds is 3. The highest BCUT2D eigenvalue weighted by Gasteiger charge is 2.54. The SMILES string of the molecule is COC1CCC2C(C1)C1CC(OC)CCC1N2C1CCCCC1. The van der Waals surface area contributed by atoms with E-state index in [2.05, 4.69) is 4.90 Å². The first kappa shape index (κ1) is 16.4. The smallest absolute Gasteiger partial charge is 0.0575 e. The molecule has 0 N–H and O–H groups in total. The fraction of sp³-hybridized carbons (Fsp3) is 1.00. The standard InChI is InChI=1S/C20H35NO2/c1-22-15-8-10-19-17(12-15)18-13-16(23-2)9-11-20(18)21(19)14-6-4-3-5-7-14/h14-20H,3-13H2,1-2H3. The number of hydrogen-bond acceptors (Lipinski definition) is 3. The van der Waals surface area contributed by atoms with Gasteiger partial charge >= 0.3 is 0 Å². The largest absolute Gasteiger partial charge is 0.381 e. The van der Waals surface area contributed by atoms with E-state index in [-0.39, 0.29) is 0 Å². The minimum atomic E-state index is 0.506. The third-order valence-electron chi connectivity index (χ3n) is 7.61. The first-order valence-electron chi connectivity index (χ1n) is 10.1. The molecule has 1 saturated heterocycles. The zero-order valence-corrected chi connectivity index (χ0v) is 15.1. The number of hydrogen-bond donors (Lipinski definition) is 0. The molecule has 0 bridgehead atoms. The first-order chi connectivity index (χ1) is 11.3. The van der Waals surface area contributed by atoms with Gasteiger partial charge in [0.25, 0.3) is 0 Å². The minimum Gasteiger partial charge on any atom is -0.381 e. The second-order valence-corrected chi connectivity index (χ2v) is 8.54. The molecule has 23 heavy (non-hydrogen) atoms. The highest BCUT2D eigenvalue weighted by molar-refractivity contribution is 5.07. The zero-order chi connectivity index (χ0) is 15.8. The lowest BCUT2D eigenvalue weighted by Gasteiger charge is -2.43. The molecular weight excluding hydrogens is 286 g/mol. The molecule has 1 heterocycles. The van der Waals surface area contributed by atoms with Gasteiger partial charge in [-0.1, -0.05) is 19.3 Å². The molecule has 1 aliphatic heterocycles. The maximum atomic E-state index is 5.76. The predicted molar refractivity (Wildman–Crippen MR) is 92.6 cm³/mol. The Morgan fingerprint density at radius 3 is 1.65 bits per heavy atom. The lowest BCUT2D eigenvalue weighted by molar-refractivity contribution is 0.0123. The van der Waals surface area contributed by atoms with Crippen LogP contribution in [0.2, 0.25) is 0 Å². The third-order valence-corrected chi connectivity index (χ3v) is 7.61. The van der Waals surface area contributed by atoms with E-state index in [4.69, 9.17) is 9.47 Å². The highest BCUT2D eigenvalue weighted by Crippen LogP contribution is 2.51. The van der Waals surface area contributed by atoms with Crippen LogP contribution in [-0.2, 0) is 9.47 Å². The molecule has 0 aromatic heterocycles. The van der Waals surface area contributed by atoms with Gasteiger partial charge in [0.05, 0.1) is 12.2 Å². The van der Waals surface area contributed by atoms with E-state index in [1.54, 1.807) is 0 Å². The Morgan fingerprint density at radius 2 is 1.17 bits per heavy atom. The summed E-state index contributed by atoms with van der Waals surface area (Å²) in [6.45, 7) is 0. The topological polar surface area (TPSA) is 21.7 Å². The number of methoxy groups -OCH3 is 2. The van der Waals surface area contributed by atoms with Crippen LogP contribution >= 0.6 is 0 Å². The summed E-state index contributed by atoms with van der Waals surface area (Å²) in [6.07, 6.45) is 16.2. The Morgan fingerprint density at radius 1 is 0.652 bits per heavy atom. The normalized spacial score (nSPS) is 45.7. The third kappa shape index (κ3) is 2.98.